The Labute approximate surface area is 154 Å². The smallest absolute Gasteiger partial charge is 0.326 e. The Hall–Kier alpha value is -3.69. The topological polar surface area (TPSA) is 61.9 Å². The van der Waals surface area contributed by atoms with Crippen molar-refractivity contribution >= 4 is 17.0 Å². The summed E-state index contributed by atoms with van der Waals surface area (Å²) in [5.74, 6) is -2.72. The average molecular weight is 390 g/mol. The molecule has 3 aromatic heterocycles. The number of aromatic nitrogens is 4. The van der Waals surface area contributed by atoms with Gasteiger partial charge in [0.15, 0.2) is 5.65 Å². The SMILES string of the molecule is O=C(On1ccc2c(-n3ccc(-c4ccc(F)cc4)n3)ccnc21)C(F)(F)F. The van der Waals surface area contributed by atoms with Crippen LogP contribution in [0.2, 0.25) is 0 Å². The second kappa shape index (κ2) is 6.48. The second-order valence-corrected chi connectivity index (χ2v) is 5.74. The van der Waals surface area contributed by atoms with Crippen molar-refractivity contribution in [1.82, 2.24) is 19.5 Å². The number of benzene rings is 1. The Morgan fingerprint density at radius 2 is 1.75 bits per heavy atom. The molecule has 0 fully saturated rings. The number of nitrogens with zero attached hydrogens (tertiary/aromatic N) is 4. The van der Waals surface area contributed by atoms with Crippen LogP contribution < -0.4 is 4.84 Å². The van der Waals surface area contributed by atoms with Gasteiger partial charge in [0, 0.05) is 29.5 Å². The minimum absolute atomic E-state index is 0.0222. The number of carbonyl (C=O) groups is 1. The minimum atomic E-state index is -5.12. The van der Waals surface area contributed by atoms with Crippen LogP contribution in [-0.4, -0.2) is 31.6 Å². The molecule has 0 unspecified atom stereocenters. The van der Waals surface area contributed by atoms with Crippen LogP contribution in [0.3, 0.4) is 0 Å². The lowest BCUT2D eigenvalue weighted by Crippen LogP contribution is -2.33. The van der Waals surface area contributed by atoms with Gasteiger partial charge in [-0.15, -0.1) is 0 Å². The number of halogens is 4. The number of pyridine rings is 1. The lowest BCUT2D eigenvalue weighted by atomic mass is 10.1. The summed E-state index contributed by atoms with van der Waals surface area (Å²) >= 11 is 0. The van der Waals surface area contributed by atoms with Crippen molar-refractivity contribution in [3.8, 4) is 16.9 Å². The van der Waals surface area contributed by atoms with Crippen molar-refractivity contribution in [3.05, 3.63) is 66.9 Å². The molecule has 0 radical (unpaired) electrons. The fraction of sp³-hybridized carbons (Fsp3) is 0.0556. The molecule has 4 aromatic rings. The van der Waals surface area contributed by atoms with Crippen LogP contribution >= 0.6 is 0 Å². The fourth-order valence-electron chi connectivity index (χ4n) is 2.65. The highest BCUT2D eigenvalue weighted by Crippen LogP contribution is 2.24. The molecule has 10 heteroatoms. The molecular formula is C18H10F4N4O2. The summed E-state index contributed by atoms with van der Waals surface area (Å²) in [6, 6.07) is 10.6. The van der Waals surface area contributed by atoms with Gasteiger partial charge < -0.3 is 4.84 Å². The molecule has 0 spiro atoms. The molecule has 28 heavy (non-hydrogen) atoms. The first-order chi connectivity index (χ1) is 13.3. The van der Waals surface area contributed by atoms with E-state index in [-0.39, 0.29) is 11.5 Å². The largest absolute Gasteiger partial charge is 0.493 e. The first-order valence-electron chi connectivity index (χ1n) is 7.90. The van der Waals surface area contributed by atoms with E-state index in [1.807, 2.05) is 0 Å². The molecular weight excluding hydrogens is 380 g/mol. The molecule has 3 heterocycles. The van der Waals surface area contributed by atoms with Gasteiger partial charge >= 0.3 is 12.1 Å². The summed E-state index contributed by atoms with van der Waals surface area (Å²) in [5.41, 5.74) is 1.81. The van der Waals surface area contributed by atoms with Crippen LogP contribution in [-0.2, 0) is 4.79 Å². The van der Waals surface area contributed by atoms with Gasteiger partial charge in [-0.25, -0.2) is 18.9 Å². The lowest BCUT2D eigenvalue weighted by molar-refractivity contribution is -0.199. The molecule has 0 atom stereocenters. The van der Waals surface area contributed by atoms with Gasteiger partial charge in [0.1, 0.15) is 5.82 Å². The van der Waals surface area contributed by atoms with Gasteiger partial charge in [-0.2, -0.15) is 23.0 Å². The maximum absolute atomic E-state index is 13.1. The molecule has 0 N–H and O–H groups in total. The van der Waals surface area contributed by atoms with Crippen LogP contribution in [0.25, 0.3) is 28.0 Å². The zero-order valence-electron chi connectivity index (χ0n) is 13.9. The maximum atomic E-state index is 13.1. The van der Waals surface area contributed by atoms with Gasteiger partial charge in [0.2, 0.25) is 0 Å². The van der Waals surface area contributed by atoms with Crippen LogP contribution in [0.4, 0.5) is 17.6 Å². The Morgan fingerprint density at radius 3 is 2.46 bits per heavy atom. The summed E-state index contributed by atoms with van der Waals surface area (Å²) in [7, 11) is 0. The van der Waals surface area contributed by atoms with E-state index in [1.165, 1.54) is 29.1 Å². The molecule has 4 rings (SSSR count). The van der Waals surface area contributed by atoms with E-state index in [4.69, 9.17) is 0 Å². The maximum Gasteiger partial charge on any atom is 0.493 e. The third-order valence-electron chi connectivity index (χ3n) is 3.92. The number of hydrogen-bond donors (Lipinski definition) is 0. The normalized spacial score (nSPS) is 11.7. The van der Waals surface area contributed by atoms with Crippen LogP contribution in [0.15, 0.2) is 61.1 Å². The predicted octanol–water partition coefficient (Wildman–Crippen LogP) is 3.55. The minimum Gasteiger partial charge on any atom is -0.326 e. The third kappa shape index (κ3) is 3.20. The highest BCUT2D eigenvalue weighted by atomic mass is 19.4. The zero-order valence-corrected chi connectivity index (χ0v) is 13.9. The first-order valence-corrected chi connectivity index (χ1v) is 7.90. The van der Waals surface area contributed by atoms with E-state index in [0.29, 0.717) is 27.1 Å². The average Bonchev–Trinajstić information content (AvgIpc) is 3.29. The second-order valence-electron chi connectivity index (χ2n) is 5.74. The number of hydrogen-bond acceptors (Lipinski definition) is 4. The number of carbonyl (C=O) groups excluding carboxylic acids is 1. The monoisotopic (exact) mass is 390 g/mol. The molecule has 0 aliphatic heterocycles. The van der Waals surface area contributed by atoms with Crippen molar-refractivity contribution in [3.63, 3.8) is 0 Å². The van der Waals surface area contributed by atoms with Gasteiger partial charge in [0.05, 0.1) is 11.4 Å². The van der Waals surface area contributed by atoms with E-state index >= 15 is 0 Å². The van der Waals surface area contributed by atoms with Crippen molar-refractivity contribution < 1.29 is 27.2 Å². The Kier molecular flexibility index (Phi) is 4.10. The van der Waals surface area contributed by atoms with Crippen molar-refractivity contribution in [2.24, 2.45) is 0 Å². The van der Waals surface area contributed by atoms with E-state index in [1.54, 1.807) is 30.5 Å². The van der Waals surface area contributed by atoms with E-state index in [0.717, 1.165) is 6.20 Å². The molecule has 0 saturated heterocycles. The lowest BCUT2D eigenvalue weighted by Gasteiger charge is -2.08. The highest BCUT2D eigenvalue weighted by molar-refractivity contribution is 5.86. The first kappa shape index (κ1) is 17.7. The molecule has 0 aliphatic carbocycles. The quantitative estimate of drug-likeness (QED) is 0.502. The summed E-state index contributed by atoms with van der Waals surface area (Å²) in [6.07, 6.45) is -0.962. The molecule has 1 aromatic carbocycles. The summed E-state index contributed by atoms with van der Waals surface area (Å²) < 4.78 is 52.5. The molecule has 6 nitrogen and oxygen atoms in total. The Morgan fingerprint density at radius 1 is 1.00 bits per heavy atom. The van der Waals surface area contributed by atoms with Crippen molar-refractivity contribution in [1.29, 1.82) is 0 Å². The van der Waals surface area contributed by atoms with Crippen LogP contribution in [0.5, 0.6) is 0 Å². The molecule has 0 bridgehead atoms. The Balaban J connectivity index is 1.70. The van der Waals surface area contributed by atoms with Crippen molar-refractivity contribution in [2.75, 3.05) is 0 Å². The van der Waals surface area contributed by atoms with E-state index in [2.05, 4.69) is 14.9 Å². The number of rotatable bonds is 3. The Bertz CT molecular complexity index is 1160. The molecule has 142 valence electrons. The summed E-state index contributed by atoms with van der Waals surface area (Å²) in [6.45, 7) is 0. The molecule has 0 aliphatic rings. The van der Waals surface area contributed by atoms with Gasteiger partial charge in [-0.05, 0) is 42.5 Å². The number of fused-ring (bicyclic) bond motifs is 1. The number of alkyl halides is 3. The van der Waals surface area contributed by atoms with E-state index in [9.17, 15) is 22.4 Å². The van der Waals surface area contributed by atoms with Gasteiger partial charge in [-0.1, -0.05) is 0 Å². The zero-order chi connectivity index (χ0) is 19.9. The van der Waals surface area contributed by atoms with Crippen LogP contribution in [0, 0.1) is 5.82 Å². The summed E-state index contributed by atoms with van der Waals surface area (Å²) in [5, 5.41) is 4.83. The standard InChI is InChI=1S/C18H10F4N4O2/c19-12-3-1-11(2-4-12)14-7-9-25(24-14)15-5-8-23-16-13(15)6-10-26(16)28-17(27)18(20,21)22/h1-10H. The molecule has 0 saturated carbocycles. The predicted molar refractivity (Wildman–Crippen MR) is 89.9 cm³/mol. The van der Waals surface area contributed by atoms with Crippen molar-refractivity contribution in [2.45, 2.75) is 6.18 Å². The van der Waals surface area contributed by atoms with Gasteiger partial charge in [-0.3, -0.25) is 0 Å². The molecule has 0 amide bonds. The van der Waals surface area contributed by atoms with Gasteiger partial charge in [0.25, 0.3) is 0 Å². The highest BCUT2D eigenvalue weighted by Gasteiger charge is 2.42. The fourth-order valence-corrected chi connectivity index (χ4v) is 2.65. The summed E-state index contributed by atoms with van der Waals surface area (Å²) in [4.78, 5) is 19.4. The third-order valence-corrected chi connectivity index (χ3v) is 3.92. The van der Waals surface area contributed by atoms with E-state index < -0.39 is 12.1 Å². The van der Waals surface area contributed by atoms with Crippen LogP contribution in [0.1, 0.15) is 0 Å².